The Kier molecular flexibility index (Phi) is 3.88. The molecule has 0 amide bonds. The van der Waals surface area contributed by atoms with Crippen LogP contribution in [0.15, 0.2) is 35.1 Å². The minimum atomic E-state index is -0.295. The van der Waals surface area contributed by atoms with Crippen molar-refractivity contribution in [3.05, 3.63) is 51.2 Å². The van der Waals surface area contributed by atoms with Crippen LogP contribution in [0.5, 0.6) is 11.5 Å². The molecule has 0 bridgehead atoms. The third kappa shape index (κ3) is 2.81. The molecule has 0 fully saturated rings. The Labute approximate surface area is 158 Å². The fraction of sp³-hybridized carbons (Fsp3) is 0.167. The van der Waals surface area contributed by atoms with Gasteiger partial charge in [-0.15, -0.1) is 0 Å². The van der Waals surface area contributed by atoms with Gasteiger partial charge in [0.1, 0.15) is 11.5 Å². The largest absolute Gasteiger partial charge is 0.508 e. The van der Waals surface area contributed by atoms with Gasteiger partial charge >= 0.3 is 5.69 Å². The average molecular weight is 383 g/mol. The van der Waals surface area contributed by atoms with Crippen LogP contribution >= 0.6 is 12.2 Å². The summed E-state index contributed by atoms with van der Waals surface area (Å²) in [6.07, 6.45) is 0. The maximum Gasteiger partial charge on any atom is 0.323 e. The summed E-state index contributed by atoms with van der Waals surface area (Å²) >= 11 is 5.37. The zero-order valence-electron chi connectivity index (χ0n) is 14.6. The number of rotatable bonds is 3. The topological polar surface area (TPSA) is 123 Å². The smallest absolute Gasteiger partial charge is 0.323 e. The Morgan fingerprint density at radius 3 is 2.56 bits per heavy atom. The van der Waals surface area contributed by atoms with Crippen molar-refractivity contribution in [2.45, 2.75) is 19.8 Å². The summed E-state index contributed by atoms with van der Waals surface area (Å²) in [6.45, 7) is 3.90. The van der Waals surface area contributed by atoms with Crippen molar-refractivity contribution in [2.75, 3.05) is 0 Å². The third-order valence-corrected chi connectivity index (χ3v) is 4.71. The van der Waals surface area contributed by atoms with Crippen LogP contribution in [0.4, 0.5) is 0 Å². The fourth-order valence-electron chi connectivity index (χ4n) is 3.11. The zero-order valence-corrected chi connectivity index (χ0v) is 15.4. The molecule has 0 aliphatic rings. The molecule has 9 heteroatoms. The quantitative estimate of drug-likeness (QED) is 0.347. The fourth-order valence-corrected chi connectivity index (χ4v) is 3.35. The molecule has 0 aliphatic heterocycles. The number of hydrogen-bond acceptors (Lipinski definition) is 5. The van der Waals surface area contributed by atoms with Crippen LogP contribution in [-0.4, -0.2) is 34.9 Å². The van der Waals surface area contributed by atoms with Crippen molar-refractivity contribution in [1.29, 1.82) is 0 Å². The van der Waals surface area contributed by atoms with Crippen molar-refractivity contribution in [2.24, 2.45) is 0 Å². The SMILES string of the molecule is CC(C)c1cc(-c2n[nH]c(=S)n2-c2ccc3[nH]c(=O)[nH]c3c2)c(O)cc1O. The van der Waals surface area contributed by atoms with E-state index in [-0.39, 0.29) is 23.1 Å². The minimum absolute atomic E-state index is 0.0262. The van der Waals surface area contributed by atoms with E-state index in [1.165, 1.54) is 6.07 Å². The van der Waals surface area contributed by atoms with E-state index < -0.39 is 0 Å². The van der Waals surface area contributed by atoms with Crippen molar-refractivity contribution in [3.63, 3.8) is 0 Å². The van der Waals surface area contributed by atoms with Crippen molar-refractivity contribution >= 4 is 23.3 Å². The minimum Gasteiger partial charge on any atom is -0.508 e. The molecule has 0 atom stereocenters. The van der Waals surface area contributed by atoms with Gasteiger partial charge in [-0.2, -0.15) is 5.10 Å². The normalized spacial score (nSPS) is 11.5. The second-order valence-corrected chi connectivity index (χ2v) is 6.97. The first-order chi connectivity index (χ1) is 12.8. The molecule has 27 heavy (non-hydrogen) atoms. The molecule has 2 aromatic carbocycles. The summed E-state index contributed by atoms with van der Waals surface area (Å²) in [4.78, 5) is 16.9. The maximum absolute atomic E-state index is 11.5. The Morgan fingerprint density at radius 1 is 1.07 bits per heavy atom. The van der Waals surface area contributed by atoms with Crippen LogP contribution in [-0.2, 0) is 0 Å². The molecule has 0 unspecified atom stereocenters. The molecule has 2 heterocycles. The standard InChI is InChI=1S/C18H17N5O3S/c1-8(2)10-6-11(15(25)7-14(10)24)16-21-22-18(27)23(16)9-3-4-12-13(5-9)20-17(26)19-12/h3-8,24-25H,1-2H3,(H,22,27)(H2,19,20,26). The molecule has 2 aromatic heterocycles. The molecule has 4 rings (SSSR count). The molecule has 8 nitrogen and oxygen atoms in total. The van der Waals surface area contributed by atoms with Crippen LogP contribution < -0.4 is 5.69 Å². The molecule has 0 saturated carbocycles. The Bertz CT molecular complexity index is 1280. The lowest BCUT2D eigenvalue weighted by atomic mass is 9.98. The first kappa shape index (κ1) is 17.1. The van der Waals surface area contributed by atoms with Gasteiger partial charge in [0, 0.05) is 6.07 Å². The van der Waals surface area contributed by atoms with E-state index in [2.05, 4.69) is 20.2 Å². The number of aromatic hydroxyl groups is 2. The first-order valence-electron chi connectivity index (χ1n) is 8.31. The van der Waals surface area contributed by atoms with E-state index in [1.807, 2.05) is 13.8 Å². The second-order valence-electron chi connectivity index (χ2n) is 6.58. The summed E-state index contributed by atoms with van der Waals surface area (Å²) < 4.78 is 2.00. The van der Waals surface area contributed by atoms with E-state index in [1.54, 1.807) is 28.8 Å². The number of phenols is 2. The number of fused-ring (bicyclic) bond motifs is 1. The van der Waals surface area contributed by atoms with Crippen LogP contribution in [0.1, 0.15) is 25.3 Å². The van der Waals surface area contributed by atoms with E-state index in [0.717, 1.165) is 0 Å². The highest BCUT2D eigenvalue weighted by Crippen LogP contribution is 2.37. The third-order valence-electron chi connectivity index (χ3n) is 4.44. The lowest BCUT2D eigenvalue weighted by Gasteiger charge is -2.13. The summed E-state index contributed by atoms with van der Waals surface area (Å²) in [6, 6.07) is 8.33. The molecule has 138 valence electrons. The Balaban J connectivity index is 1.95. The number of nitrogens with zero attached hydrogens (tertiary/aromatic N) is 2. The van der Waals surface area contributed by atoms with Gasteiger partial charge < -0.3 is 20.2 Å². The summed E-state index contributed by atoms with van der Waals surface area (Å²) in [7, 11) is 0. The predicted molar refractivity (Wildman–Crippen MR) is 104 cm³/mol. The number of nitrogens with one attached hydrogen (secondary N) is 3. The van der Waals surface area contributed by atoms with Crippen molar-refractivity contribution in [1.82, 2.24) is 24.7 Å². The molecule has 0 spiro atoms. The van der Waals surface area contributed by atoms with E-state index in [0.29, 0.717) is 38.4 Å². The maximum atomic E-state index is 11.5. The lowest BCUT2D eigenvalue weighted by Crippen LogP contribution is -2.00. The number of H-pyrrole nitrogens is 3. The Hall–Kier alpha value is -3.33. The first-order valence-corrected chi connectivity index (χ1v) is 8.72. The second kappa shape index (κ2) is 6.13. The van der Waals surface area contributed by atoms with Gasteiger partial charge in [0.05, 0.1) is 22.3 Å². The average Bonchev–Trinajstić information content (AvgIpc) is 3.15. The molecule has 5 N–H and O–H groups in total. The van der Waals surface area contributed by atoms with E-state index in [9.17, 15) is 15.0 Å². The predicted octanol–water partition coefficient (Wildman–Crippen LogP) is 3.30. The molecule has 0 radical (unpaired) electrons. The number of phenolic OH excluding ortho intramolecular Hbond substituents is 2. The van der Waals surface area contributed by atoms with Crippen LogP contribution in [0, 0.1) is 4.77 Å². The molecule has 4 aromatic rings. The number of aromatic nitrogens is 5. The van der Waals surface area contributed by atoms with Crippen LogP contribution in [0.25, 0.3) is 28.1 Å². The highest BCUT2D eigenvalue weighted by molar-refractivity contribution is 7.71. The van der Waals surface area contributed by atoms with Crippen LogP contribution in [0.3, 0.4) is 0 Å². The van der Waals surface area contributed by atoms with Gasteiger partial charge in [-0.1, -0.05) is 13.8 Å². The van der Waals surface area contributed by atoms with Gasteiger partial charge in [-0.05, 0) is 48.0 Å². The molecular formula is C18H17N5O3S. The van der Waals surface area contributed by atoms with Gasteiger partial charge in [0.25, 0.3) is 0 Å². The summed E-state index contributed by atoms with van der Waals surface area (Å²) in [5, 5.41) is 27.5. The lowest BCUT2D eigenvalue weighted by molar-refractivity contribution is 0.444. The zero-order chi connectivity index (χ0) is 19.3. The van der Waals surface area contributed by atoms with E-state index >= 15 is 0 Å². The molecular weight excluding hydrogens is 366 g/mol. The van der Waals surface area contributed by atoms with Crippen LogP contribution in [0.2, 0.25) is 0 Å². The van der Waals surface area contributed by atoms with Gasteiger partial charge in [0.15, 0.2) is 10.6 Å². The Morgan fingerprint density at radius 2 is 1.81 bits per heavy atom. The molecule has 0 saturated heterocycles. The van der Waals surface area contributed by atoms with Gasteiger partial charge in [-0.25, -0.2) is 4.79 Å². The monoisotopic (exact) mass is 383 g/mol. The molecule has 0 aliphatic carbocycles. The summed E-state index contributed by atoms with van der Waals surface area (Å²) in [5.74, 6) is 0.374. The number of aromatic amines is 3. The van der Waals surface area contributed by atoms with E-state index in [4.69, 9.17) is 12.2 Å². The van der Waals surface area contributed by atoms with Crippen molar-refractivity contribution in [3.8, 4) is 28.6 Å². The highest BCUT2D eigenvalue weighted by Gasteiger charge is 2.19. The highest BCUT2D eigenvalue weighted by atomic mass is 32.1. The van der Waals surface area contributed by atoms with Gasteiger partial charge in [-0.3, -0.25) is 9.67 Å². The number of hydrogen-bond donors (Lipinski definition) is 5. The number of imidazole rings is 1. The van der Waals surface area contributed by atoms with Gasteiger partial charge in [0.2, 0.25) is 0 Å². The summed E-state index contributed by atoms with van der Waals surface area (Å²) in [5.41, 5.74) is 2.81. The number of benzene rings is 2. The van der Waals surface area contributed by atoms with Crippen molar-refractivity contribution < 1.29 is 10.2 Å².